The number of hydrogen-bond donors (Lipinski definition) is 0. The van der Waals surface area contributed by atoms with E-state index in [2.05, 4.69) is 117 Å². The van der Waals surface area contributed by atoms with E-state index in [1.165, 1.54) is 20.8 Å². The van der Waals surface area contributed by atoms with Crippen LogP contribution < -0.4 is 15.6 Å². The molecule has 0 fully saturated rings. The van der Waals surface area contributed by atoms with Crippen molar-refractivity contribution in [2.45, 2.75) is 6.92 Å². The highest BCUT2D eigenvalue weighted by Gasteiger charge is 2.41. The molecule has 0 unspecified atom stereocenters. The molecule has 0 aliphatic carbocycles. The van der Waals surface area contributed by atoms with Gasteiger partial charge in [0.1, 0.15) is 0 Å². The second-order valence-corrected chi connectivity index (χ2v) is 10.00. The molecule has 0 aliphatic rings. The number of allylic oxidation sites excluding steroid dienone is 5. The van der Waals surface area contributed by atoms with Crippen LogP contribution in [0.15, 0.2) is 127 Å². The molecule has 0 N–H and O–H groups in total. The Bertz CT molecular complexity index is 794. The molecule has 0 atom stereocenters. The molecule has 0 heterocycles. The Morgan fingerprint density at radius 3 is 1.38 bits per heavy atom. The van der Waals surface area contributed by atoms with Gasteiger partial charge >= 0.3 is 0 Å². The van der Waals surface area contributed by atoms with Crippen molar-refractivity contribution >= 4 is 23.6 Å². The SMILES string of the molecule is C=C/C=C/C(=C/C)[Si](c1ccccc1)(c1ccccc1)c1ccccc1. The lowest BCUT2D eigenvalue weighted by Crippen LogP contribution is -2.68. The molecule has 0 aliphatic heterocycles. The molecule has 0 radical (unpaired) electrons. The second-order valence-electron chi connectivity index (χ2n) is 6.19. The van der Waals surface area contributed by atoms with Crippen molar-refractivity contribution in [2.24, 2.45) is 0 Å². The van der Waals surface area contributed by atoms with E-state index in [0.717, 1.165) is 0 Å². The zero-order valence-electron chi connectivity index (χ0n) is 15.2. The van der Waals surface area contributed by atoms with Gasteiger partial charge < -0.3 is 0 Å². The Morgan fingerprint density at radius 2 is 1.08 bits per heavy atom. The third-order valence-corrected chi connectivity index (χ3v) is 9.70. The first kappa shape index (κ1) is 17.9. The normalized spacial score (nSPS) is 12.3. The van der Waals surface area contributed by atoms with E-state index in [0.29, 0.717) is 0 Å². The van der Waals surface area contributed by atoms with Gasteiger partial charge in [-0.2, -0.15) is 0 Å². The van der Waals surface area contributed by atoms with Gasteiger partial charge in [0.05, 0.1) is 0 Å². The predicted octanol–water partition coefficient (Wildman–Crippen LogP) is 4.38. The maximum absolute atomic E-state index is 3.87. The van der Waals surface area contributed by atoms with E-state index in [1.807, 2.05) is 12.2 Å². The number of hydrogen-bond acceptors (Lipinski definition) is 0. The Morgan fingerprint density at radius 1 is 0.692 bits per heavy atom. The summed E-state index contributed by atoms with van der Waals surface area (Å²) in [6.45, 7) is 6.01. The van der Waals surface area contributed by atoms with E-state index in [1.54, 1.807) is 0 Å². The Kier molecular flexibility index (Phi) is 5.83. The van der Waals surface area contributed by atoms with Crippen LogP contribution in [0.25, 0.3) is 0 Å². The number of rotatable bonds is 6. The fourth-order valence-corrected chi connectivity index (χ4v) is 8.53. The van der Waals surface area contributed by atoms with Crippen LogP contribution in [-0.2, 0) is 0 Å². The fourth-order valence-electron chi connectivity index (χ4n) is 3.67. The molecule has 26 heavy (non-hydrogen) atoms. The van der Waals surface area contributed by atoms with Crippen molar-refractivity contribution in [1.82, 2.24) is 0 Å². The van der Waals surface area contributed by atoms with Crippen molar-refractivity contribution in [3.8, 4) is 0 Å². The molecule has 0 nitrogen and oxygen atoms in total. The largest absolute Gasteiger partial charge is 0.179 e. The summed E-state index contributed by atoms with van der Waals surface area (Å²) in [4.78, 5) is 0. The maximum atomic E-state index is 3.87. The first-order chi connectivity index (χ1) is 12.8. The first-order valence-electron chi connectivity index (χ1n) is 8.96. The second kappa shape index (κ2) is 8.46. The van der Waals surface area contributed by atoms with Crippen LogP contribution in [0.1, 0.15) is 6.92 Å². The van der Waals surface area contributed by atoms with Gasteiger partial charge in [0.2, 0.25) is 0 Å². The van der Waals surface area contributed by atoms with Crippen molar-refractivity contribution in [3.63, 3.8) is 0 Å². The minimum atomic E-state index is -2.36. The van der Waals surface area contributed by atoms with Gasteiger partial charge in [-0.25, -0.2) is 0 Å². The molecule has 0 amide bonds. The monoisotopic (exact) mass is 352 g/mol. The zero-order chi connectivity index (χ0) is 18.2. The molecule has 0 aromatic heterocycles. The molecule has 128 valence electrons. The van der Waals surface area contributed by atoms with Gasteiger partial charge in [-0.1, -0.05) is 122 Å². The van der Waals surface area contributed by atoms with E-state index >= 15 is 0 Å². The molecule has 0 spiro atoms. The van der Waals surface area contributed by atoms with Crippen LogP contribution in [0.3, 0.4) is 0 Å². The highest BCUT2D eigenvalue weighted by atomic mass is 28.3. The minimum absolute atomic E-state index is 1.36. The average Bonchev–Trinajstić information content (AvgIpc) is 2.73. The van der Waals surface area contributed by atoms with E-state index < -0.39 is 8.07 Å². The van der Waals surface area contributed by atoms with Gasteiger partial charge in [-0.15, -0.1) is 0 Å². The molecular formula is C25H24Si. The highest BCUT2D eigenvalue weighted by molar-refractivity contribution is 7.16. The van der Waals surface area contributed by atoms with Crippen LogP contribution in [0.5, 0.6) is 0 Å². The van der Waals surface area contributed by atoms with Crippen LogP contribution >= 0.6 is 0 Å². The van der Waals surface area contributed by atoms with E-state index in [9.17, 15) is 0 Å². The predicted molar refractivity (Wildman–Crippen MR) is 117 cm³/mol. The molecule has 3 aromatic carbocycles. The Balaban J connectivity index is 2.43. The lowest BCUT2D eigenvalue weighted by molar-refractivity contribution is 1.61. The fraction of sp³-hybridized carbons (Fsp3) is 0.0400. The molecular weight excluding hydrogens is 328 g/mol. The van der Waals surface area contributed by atoms with Crippen molar-refractivity contribution < 1.29 is 0 Å². The lowest BCUT2D eigenvalue weighted by atomic mass is 10.3. The van der Waals surface area contributed by atoms with Gasteiger partial charge in [-0.05, 0) is 27.7 Å². The molecule has 0 saturated heterocycles. The van der Waals surface area contributed by atoms with Gasteiger partial charge in [0.25, 0.3) is 0 Å². The summed E-state index contributed by atoms with van der Waals surface area (Å²) in [7, 11) is -2.36. The highest BCUT2D eigenvalue weighted by Crippen LogP contribution is 2.18. The molecule has 3 rings (SSSR count). The van der Waals surface area contributed by atoms with Gasteiger partial charge in [0, 0.05) is 0 Å². The van der Waals surface area contributed by atoms with Crippen LogP contribution in [-0.4, -0.2) is 8.07 Å². The Labute approximate surface area is 157 Å². The third kappa shape index (κ3) is 3.26. The van der Waals surface area contributed by atoms with Crippen LogP contribution in [0.2, 0.25) is 0 Å². The van der Waals surface area contributed by atoms with Crippen LogP contribution in [0.4, 0.5) is 0 Å². The molecule has 3 aromatic rings. The average molecular weight is 353 g/mol. The summed E-state index contributed by atoms with van der Waals surface area (Å²) in [5.74, 6) is 0. The van der Waals surface area contributed by atoms with Crippen LogP contribution in [0, 0.1) is 0 Å². The van der Waals surface area contributed by atoms with Crippen molar-refractivity contribution in [2.75, 3.05) is 0 Å². The summed E-state index contributed by atoms with van der Waals surface area (Å²) in [5, 5.41) is 5.53. The number of benzene rings is 3. The molecule has 0 bridgehead atoms. The Hall–Kier alpha value is -2.90. The summed E-state index contributed by atoms with van der Waals surface area (Å²) >= 11 is 0. The minimum Gasteiger partial charge on any atom is -0.0991 e. The third-order valence-electron chi connectivity index (χ3n) is 4.78. The molecule has 0 saturated carbocycles. The summed E-state index contributed by atoms with van der Waals surface area (Å²) < 4.78 is 0. The quantitative estimate of drug-likeness (QED) is 0.351. The first-order valence-corrected chi connectivity index (χ1v) is 11.0. The van der Waals surface area contributed by atoms with Crippen molar-refractivity contribution in [3.05, 3.63) is 127 Å². The zero-order valence-corrected chi connectivity index (χ0v) is 16.2. The maximum Gasteiger partial charge on any atom is 0.179 e. The summed E-state index contributed by atoms with van der Waals surface area (Å²) in [6, 6.07) is 32.8. The van der Waals surface area contributed by atoms with E-state index in [-0.39, 0.29) is 0 Å². The van der Waals surface area contributed by atoms with Gasteiger partial charge in [0.15, 0.2) is 8.07 Å². The molecule has 1 heteroatoms. The van der Waals surface area contributed by atoms with Gasteiger partial charge in [-0.3, -0.25) is 0 Å². The van der Waals surface area contributed by atoms with Crippen molar-refractivity contribution in [1.29, 1.82) is 0 Å². The van der Waals surface area contributed by atoms with E-state index in [4.69, 9.17) is 0 Å². The summed E-state index contributed by atoms with van der Waals surface area (Å²) in [6.07, 6.45) is 8.39. The standard InChI is InChI=1S/C25H24Si/c1-3-5-15-22(4-2)26(23-16-9-6-10-17-23,24-18-11-7-12-19-24)25-20-13-8-14-21-25/h3-21H,1H2,2H3/b15-5+,22-4-. The smallest absolute Gasteiger partial charge is 0.0991 e. The summed E-state index contributed by atoms with van der Waals surface area (Å²) in [5.41, 5.74) is 0. The lowest BCUT2D eigenvalue weighted by Gasteiger charge is -2.35. The topological polar surface area (TPSA) is 0 Å².